The van der Waals surface area contributed by atoms with Gasteiger partial charge in [-0.3, -0.25) is 0 Å². The molecule has 168 valence electrons. The summed E-state index contributed by atoms with van der Waals surface area (Å²) in [5.74, 6) is -0.254. The predicted octanol–water partition coefficient (Wildman–Crippen LogP) is 7.44. The molecule has 2 nitrogen and oxygen atoms in total. The van der Waals surface area contributed by atoms with Crippen LogP contribution in [0.15, 0.2) is 84.4 Å². The number of halogens is 1. The van der Waals surface area contributed by atoms with E-state index in [1.165, 1.54) is 22.5 Å². The molecule has 0 radical (unpaired) electrons. The molecule has 0 N–H and O–H groups in total. The highest BCUT2D eigenvalue weighted by molar-refractivity contribution is 6.03. The van der Waals surface area contributed by atoms with Crippen LogP contribution in [-0.4, -0.2) is 24.4 Å². The summed E-state index contributed by atoms with van der Waals surface area (Å²) in [4.78, 5) is 2.15. The highest BCUT2D eigenvalue weighted by atomic mass is 19.1. The van der Waals surface area contributed by atoms with E-state index in [1.807, 2.05) is 52.2 Å². The topological polar surface area (TPSA) is 6.25 Å². The molecule has 0 atom stereocenters. The summed E-state index contributed by atoms with van der Waals surface area (Å²) < 4.78 is 17.0. The van der Waals surface area contributed by atoms with Gasteiger partial charge in [0.15, 0.2) is 5.71 Å². The number of anilines is 1. The van der Waals surface area contributed by atoms with Crippen LogP contribution in [0.1, 0.15) is 52.7 Å². The number of likely N-dealkylation sites (N-methyl/N-ethyl adjacent to an activating group) is 1. The minimum absolute atomic E-state index is 0.157. The van der Waals surface area contributed by atoms with E-state index in [0.717, 1.165) is 11.4 Å². The maximum atomic E-state index is 14.8. The van der Waals surface area contributed by atoms with Crippen molar-refractivity contribution in [1.82, 2.24) is 0 Å². The van der Waals surface area contributed by atoms with Gasteiger partial charge in [0.05, 0.1) is 5.41 Å². The van der Waals surface area contributed by atoms with Crippen LogP contribution >= 0.6 is 0 Å². The molecule has 0 aliphatic carbocycles. The first kappa shape index (κ1) is 23.7. The summed E-state index contributed by atoms with van der Waals surface area (Å²) >= 11 is 0. The molecule has 32 heavy (non-hydrogen) atoms. The van der Waals surface area contributed by atoms with E-state index in [4.69, 9.17) is 0 Å². The minimum Gasteiger partial charge on any atom is -0.347 e. The molecule has 0 saturated carbocycles. The van der Waals surface area contributed by atoms with Gasteiger partial charge in [0.25, 0.3) is 0 Å². The molecule has 0 spiro atoms. The van der Waals surface area contributed by atoms with Crippen molar-refractivity contribution in [3.05, 3.63) is 95.5 Å². The fourth-order valence-electron chi connectivity index (χ4n) is 4.98. The first-order valence-corrected chi connectivity index (χ1v) is 11.5. The van der Waals surface area contributed by atoms with Crippen molar-refractivity contribution in [2.75, 3.05) is 19.0 Å². The van der Waals surface area contributed by atoms with Crippen molar-refractivity contribution in [3.8, 4) is 0 Å². The number of fused-ring (bicyclic) bond motifs is 2. The Balaban J connectivity index is 0.00000141. The van der Waals surface area contributed by atoms with E-state index < -0.39 is 0 Å². The van der Waals surface area contributed by atoms with Gasteiger partial charge >= 0.3 is 0 Å². The normalized spacial score (nSPS) is 19.8. The Bertz CT molecular complexity index is 1130. The molecular formula is C29H36FN2+. The third-order valence-corrected chi connectivity index (χ3v) is 6.68. The van der Waals surface area contributed by atoms with Crippen LogP contribution < -0.4 is 4.90 Å². The van der Waals surface area contributed by atoms with Crippen LogP contribution in [0.2, 0.25) is 0 Å². The van der Waals surface area contributed by atoms with Gasteiger partial charge in [-0.15, -0.1) is 0 Å². The Morgan fingerprint density at radius 3 is 2.12 bits per heavy atom. The van der Waals surface area contributed by atoms with Gasteiger partial charge in [0, 0.05) is 41.6 Å². The van der Waals surface area contributed by atoms with Crippen LogP contribution in [-0.2, 0) is 10.8 Å². The van der Waals surface area contributed by atoms with Gasteiger partial charge in [-0.25, -0.2) is 4.39 Å². The lowest BCUT2D eigenvalue weighted by Crippen LogP contribution is -2.26. The van der Waals surface area contributed by atoms with Crippen LogP contribution in [0.5, 0.6) is 0 Å². The summed E-state index contributed by atoms with van der Waals surface area (Å²) in [5, 5.41) is 0. The van der Waals surface area contributed by atoms with Crippen molar-refractivity contribution in [1.29, 1.82) is 0 Å². The van der Waals surface area contributed by atoms with Gasteiger partial charge in [-0.05, 0) is 43.7 Å². The number of hydrogen-bond donors (Lipinski definition) is 0. The molecule has 0 saturated heterocycles. The van der Waals surface area contributed by atoms with Crippen molar-refractivity contribution in [3.63, 3.8) is 0 Å². The molecule has 0 fully saturated rings. The molecule has 2 aromatic rings. The highest BCUT2D eigenvalue weighted by Crippen LogP contribution is 2.46. The lowest BCUT2D eigenvalue weighted by atomic mass is 9.81. The summed E-state index contributed by atoms with van der Waals surface area (Å²) in [6, 6.07) is 16.7. The molecule has 4 rings (SSSR count). The van der Waals surface area contributed by atoms with Gasteiger partial charge in [0.1, 0.15) is 12.9 Å². The standard InChI is InChI=1S/C27H30FN2.C2H6/c1-26(2)20-11-7-9-13-22(20)29(5)24(26)17-15-19(28)16-18-25-27(3,4)21-12-8-10-14-23(21)30(25)6;1-2/h7-18H,1-6H3;1-2H3/q+1;. The van der Waals surface area contributed by atoms with Gasteiger partial charge in [0.2, 0.25) is 5.69 Å². The molecule has 3 heteroatoms. The maximum absolute atomic E-state index is 14.8. The summed E-state index contributed by atoms with van der Waals surface area (Å²) in [7, 11) is 4.09. The van der Waals surface area contributed by atoms with Crippen molar-refractivity contribution >= 4 is 17.1 Å². The van der Waals surface area contributed by atoms with E-state index >= 15 is 0 Å². The average molecular weight is 432 g/mol. The van der Waals surface area contributed by atoms with Crippen molar-refractivity contribution in [2.24, 2.45) is 0 Å². The Morgan fingerprint density at radius 2 is 1.50 bits per heavy atom. The number of nitrogens with zero attached hydrogens (tertiary/aromatic N) is 2. The molecule has 2 aliphatic heterocycles. The Hall–Kier alpha value is -2.94. The van der Waals surface area contributed by atoms with Crippen LogP contribution in [0.25, 0.3) is 0 Å². The Morgan fingerprint density at radius 1 is 0.906 bits per heavy atom. The van der Waals surface area contributed by atoms with E-state index in [9.17, 15) is 4.39 Å². The molecule has 2 heterocycles. The van der Waals surface area contributed by atoms with Gasteiger partial charge in [-0.2, -0.15) is 4.58 Å². The third-order valence-electron chi connectivity index (χ3n) is 6.68. The van der Waals surface area contributed by atoms with E-state index in [1.54, 1.807) is 12.2 Å². The molecule has 2 aromatic carbocycles. The number of allylic oxidation sites excluding steroid dienone is 6. The highest BCUT2D eigenvalue weighted by Gasteiger charge is 2.42. The smallest absolute Gasteiger partial charge is 0.209 e. The number of para-hydroxylation sites is 2. The molecule has 0 unspecified atom stereocenters. The maximum Gasteiger partial charge on any atom is 0.209 e. The van der Waals surface area contributed by atoms with Crippen LogP contribution in [0.3, 0.4) is 0 Å². The fourth-order valence-corrected chi connectivity index (χ4v) is 4.98. The fraction of sp³-hybridized carbons (Fsp3) is 0.345. The lowest BCUT2D eigenvalue weighted by molar-refractivity contribution is -0.401. The largest absolute Gasteiger partial charge is 0.347 e. The zero-order chi connectivity index (χ0) is 23.7. The summed E-state index contributed by atoms with van der Waals surface area (Å²) in [5.41, 5.74) is 6.76. The zero-order valence-corrected chi connectivity index (χ0v) is 20.7. The summed E-state index contributed by atoms with van der Waals surface area (Å²) in [6.07, 6.45) is 6.96. The minimum atomic E-state index is -0.254. The second-order valence-electron chi connectivity index (χ2n) is 9.22. The second kappa shape index (κ2) is 8.90. The first-order chi connectivity index (χ1) is 15.2. The quantitative estimate of drug-likeness (QED) is 0.361. The lowest BCUT2D eigenvalue weighted by Gasteiger charge is -2.23. The molecule has 0 aromatic heterocycles. The van der Waals surface area contributed by atoms with E-state index in [-0.39, 0.29) is 16.7 Å². The molecular weight excluding hydrogens is 395 g/mol. The van der Waals surface area contributed by atoms with Crippen LogP contribution in [0.4, 0.5) is 15.8 Å². The molecule has 0 amide bonds. The number of rotatable bonds is 3. The number of benzene rings is 2. The van der Waals surface area contributed by atoms with Crippen molar-refractivity contribution < 1.29 is 8.97 Å². The van der Waals surface area contributed by atoms with Gasteiger partial charge in [-0.1, -0.05) is 64.1 Å². The first-order valence-electron chi connectivity index (χ1n) is 11.5. The second-order valence-corrected chi connectivity index (χ2v) is 9.22. The number of hydrogen-bond acceptors (Lipinski definition) is 1. The average Bonchev–Trinajstić information content (AvgIpc) is 3.11. The third kappa shape index (κ3) is 3.85. The van der Waals surface area contributed by atoms with Crippen LogP contribution in [0, 0.1) is 0 Å². The van der Waals surface area contributed by atoms with E-state index in [2.05, 4.69) is 73.6 Å². The predicted molar refractivity (Wildman–Crippen MR) is 136 cm³/mol. The van der Waals surface area contributed by atoms with Gasteiger partial charge < -0.3 is 4.90 Å². The Labute approximate surface area is 193 Å². The Kier molecular flexibility index (Phi) is 6.59. The zero-order valence-electron chi connectivity index (χ0n) is 20.7. The summed E-state index contributed by atoms with van der Waals surface area (Å²) in [6.45, 7) is 12.7. The van der Waals surface area contributed by atoms with E-state index in [0.29, 0.717) is 0 Å². The molecule has 2 aliphatic rings. The van der Waals surface area contributed by atoms with Crippen molar-refractivity contribution in [2.45, 2.75) is 52.4 Å². The SMILES string of the molecule is CC.CN1/C(=C/C=C(F)/C=C/C2=[N+](C)c3ccccc3C2(C)C)C(C)(C)c2ccccc21. The monoisotopic (exact) mass is 431 g/mol. The molecule has 0 bridgehead atoms.